The summed E-state index contributed by atoms with van der Waals surface area (Å²) in [6.45, 7) is 10.5. The van der Waals surface area contributed by atoms with Crippen molar-refractivity contribution in [1.82, 2.24) is 15.1 Å². The number of hydrogen-bond donors (Lipinski definition) is 1. The molecule has 1 aromatic carbocycles. The van der Waals surface area contributed by atoms with Crippen LogP contribution < -0.4 is 15.0 Å². The lowest BCUT2D eigenvalue weighted by molar-refractivity contribution is 0.315. The number of likely N-dealkylation sites (tertiary alicyclic amines) is 1. The Balaban J connectivity index is 1.32. The third kappa shape index (κ3) is 4.54. The molecule has 0 spiro atoms. The monoisotopic (exact) mass is 385 g/mol. The number of para-hydroxylation sites is 2. The largest absolute Gasteiger partial charge is 0.495 e. The van der Waals surface area contributed by atoms with Crippen LogP contribution in [-0.4, -0.2) is 81.3 Å². The third-order valence-corrected chi connectivity index (χ3v) is 6.22. The van der Waals surface area contributed by atoms with Crippen molar-refractivity contribution in [3.05, 3.63) is 24.3 Å². The van der Waals surface area contributed by atoms with Gasteiger partial charge >= 0.3 is 0 Å². The Morgan fingerprint density at radius 1 is 1.11 bits per heavy atom. The van der Waals surface area contributed by atoms with Crippen molar-refractivity contribution in [2.45, 2.75) is 32.2 Å². The molecule has 2 aliphatic heterocycles. The summed E-state index contributed by atoms with van der Waals surface area (Å²) in [7, 11) is 1.75. The second-order valence-corrected chi connectivity index (χ2v) is 8.22. The van der Waals surface area contributed by atoms with Crippen molar-refractivity contribution in [2.24, 2.45) is 10.9 Å². The van der Waals surface area contributed by atoms with E-state index in [2.05, 4.69) is 39.1 Å². The molecule has 0 aromatic heterocycles. The average molecular weight is 386 g/mol. The van der Waals surface area contributed by atoms with E-state index < -0.39 is 0 Å². The van der Waals surface area contributed by atoms with Crippen LogP contribution in [0.15, 0.2) is 29.3 Å². The normalized spacial score (nSPS) is 23.9. The van der Waals surface area contributed by atoms with E-state index in [-0.39, 0.29) is 0 Å². The molecule has 1 atom stereocenters. The van der Waals surface area contributed by atoms with Gasteiger partial charge in [0.2, 0.25) is 0 Å². The van der Waals surface area contributed by atoms with E-state index in [0.29, 0.717) is 0 Å². The standard InChI is InChI=1S/C22H35N5O/c1-3-23-22(24-16-18-10-11-27(17-18)19-8-9-19)26-14-12-25(13-15-26)20-6-4-5-7-21(20)28-2/h4-7,18-19H,3,8-17H2,1-2H3,(H,23,24). The molecule has 28 heavy (non-hydrogen) atoms. The molecular weight excluding hydrogens is 350 g/mol. The highest BCUT2D eigenvalue weighted by molar-refractivity contribution is 5.80. The van der Waals surface area contributed by atoms with Gasteiger partial charge in [0.05, 0.1) is 12.8 Å². The van der Waals surface area contributed by atoms with E-state index >= 15 is 0 Å². The highest BCUT2D eigenvalue weighted by Crippen LogP contribution is 2.32. The molecule has 2 saturated heterocycles. The zero-order valence-electron chi connectivity index (χ0n) is 17.4. The Hall–Kier alpha value is -1.95. The molecule has 3 aliphatic rings. The SMILES string of the molecule is CCNC(=NCC1CCN(C2CC2)C1)N1CCN(c2ccccc2OC)CC1. The zero-order chi connectivity index (χ0) is 19.3. The van der Waals surface area contributed by atoms with Crippen LogP contribution in [0.5, 0.6) is 5.75 Å². The molecule has 4 rings (SSSR count). The first-order valence-corrected chi connectivity index (χ1v) is 10.9. The van der Waals surface area contributed by atoms with Crippen molar-refractivity contribution in [1.29, 1.82) is 0 Å². The summed E-state index contributed by atoms with van der Waals surface area (Å²) >= 11 is 0. The molecule has 1 aromatic rings. The van der Waals surface area contributed by atoms with E-state index in [0.717, 1.165) is 62.9 Å². The van der Waals surface area contributed by atoms with Crippen LogP contribution in [0.4, 0.5) is 5.69 Å². The molecule has 0 bridgehead atoms. The molecule has 0 amide bonds. The Morgan fingerprint density at radius 2 is 1.89 bits per heavy atom. The van der Waals surface area contributed by atoms with Crippen molar-refractivity contribution < 1.29 is 4.74 Å². The highest BCUT2D eigenvalue weighted by Gasteiger charge is 2.34. The van der Waals surface area contributed by atoms with E-state index in [1.807, 2.05) is 12.1 Å². The number of aliphatic imine (C=N–C) groups is 1. The number of hydrogen-bond acceptors (Lipinski definition) is 4. The molecule has 154 valence electrons. The molecule has 1 unspecified atom stereocenters. The summed E-state index contributed by atoms with van der Waals surface area (Å²) in [5.74, 6) is 2.77. The van der Waals surface area contributed by atoms with Crippen LogP contribution in [0.25, 0.3) is 0 Å². The maximum Gasteiger partial charge on any atom is 0.194 e. The van der Waals surface area contributed by atoms with Gasteiger partial charge in [-0.25, -0.2) is 0 Å². The molecule has 1 saturated carbocycles. The summed E-state index contributed by atoms with van der Waals surface area (Å²) in [5, 5.41) is 3.52. The van der Waals surface area contributed by atoms with Gasteiger partial charge < -0.3 is 24.8 Å². The van der Waals surface area contributed by atoms with Gasteiger partial charge in [-0.3, -0.25) is 4.99 Å². The predicted molar refractivity (Wildman–Crippen MR) is 115 cm³/mol. The molecule has 2 heterocycles. The van der Waals surface area contributed by atoms with Gasteiger partial charge in [-0.15, -0.1) is 0 Å². The van der Waals surface area contributed by atoms with Crippen molar-refractivity contribution in [3.8, 4) is 5.75 Å². The number of nitrogens with zero attached hydrogens (tertiary/aromatic N) is 4. The fraction of sp³-hybridized carbons (Fsp3) is 0.682. The van der Waals surface area contributed by atoms with Crippen molar-refractivity contribution in [2.75, 3.05) is 64.4 Å². The minimum Gasteiger partial charge on any atom is -0.495 e. The zero-order valence-corrected chi connectivity index (χ0v) is 17.4. The number of rotatable bonds is 6. The van der Waals surface area contributed by atoms with E-state index in [4.69, 9.17) is 9.73 Å². The average Bonchev–Trinajstić information content (AvgIpc) is 3.49. The number of nitrogens with one attached hydrogen (secondary N) is 1. The number of benzene rings is 1. The van der Waals surface area contributed by atoms with E-state index in [9.17, 15) is 0 Å². The molecular formula is C22H35N5O. The van der Waals surface area contributed by atoms with E-state index in [1.54, 1.807) is 7.11 Å². The first-order chi connectivity index (χ1) is 13.8. The second-order valence-electron chi connectivity index (χ2n) is 8.22. The number of ether oxygens (including phenoxy) is 1. The summed E-state index contributed by atoms with van der Waals surface area (Å²) in [6.07, 6.45) is 4.13. The van der Waals surface area contributed by atoms with Crippen LogP contribution in [0.3, 0.4) is 0 Å². The van der Waals surface area contributed by atoms with E-state index in [1.165, 1.54) is 38.0 Å². The molecule has 6 nitrogen and oxygen atoms in total. The summed E-state index contributed by atoms with van der Waals surface area (Å²) in [4.78, 5) is 12.5. The summed E-state index contributed by atoms with van der Waals surface area (Å²) in [5.41, 5.74) is 1.19. The number of piperazine rings is 1. The molecule has 1 N–H and O–H groups in total. The Bertz CT molecular complexity index is 667. The fourth-order valence-electron chi connectivity index (χ4n) is 4.47. The fourth-order valence-corrected chi connectivity index (χ4v) is 4.47. The van der Waals surface area contributed by atoms with Gasteiger partial charge in [-0.2, -0.15) is 0 Å². The van der Waals surface area contributed by atoms with Crippen LogP contribution in [0.1, 0.15) is 26.2 Å². The molecule has 3 fully saturated rings. The van der Waals surface area contributed by atoms with Gasteiger partial charge in [0, 0.05) is 51.9 Å². The quantitative estimate of drug-likeness (QED) is 0.601. The predicted octanol–water partition coefficient (Wildman–Crippen LogP) is 2.27. The lowest BCUT2D eigenvalue weighted by Gasteiger charge is -2.38. The van der Waals surface area contributed by atoms with Crippen LogP contribution in [0, 0.1) is 5.92 Å². The minimum atomic E-state index is 0.726. The van der Waals surface area contributed by atoms with Crippen LogP contribution >= 0.6 is 0 Å². The number of methoxy groups -OCH3 is 1. The Labute approximate surface area is 169 Å². The lowest BCUT2D eigenvalue weighted by Crippen LogP contribution is -2.52. The van der Waals surface area contributed by atoms with Crippen LogP contribution in [-0.2, 0) is 0 Å². The van der Waals surface area contributed by atoms with Crippen molar-refractivity contribution in [3.63, 3.8) is 0 Å². The summed E-state index contributed by atoms with van der Waals surface area (Å²) in [6, 6.07) is 9.20. The lowest BCUT2D eigenvalue weighted by atomic mass is 10.1. The Morgan fingerprint density at radius 3 is 2.61 bits per heavy atom. The number of anilines is 1. The van der Waals surface area contributed by atoms with Gasteiger partial charge in [0.25, 0.3) is 0 Å². The third-order valence-electron chi connectivity index (χ3n) is 6.22. The first kappa shape index (κ1) is 19.4. The van der Waals surface area contributed by atoms with Crippen molar-refractivity contribution >= 4 is 11.6 Å². The maximum absolute atomic E-state index is 5.54. The number of guanidine groups is 1. The minimum absolute atomic E-state index is 0.726. The smallest absolute Gasteiger partial charge is 0.194 e. The maximum atomic E-state index is 5.54. The topological polar surface area (TPSA) is 43.3 Å². The van der Waals surface area contributed by atoms with Gasteiger partial charge in [0.1, 0.15) is 5.75 Å². The molecule has 6 heteroatoms. The highest BCUT2D eigenvalue weighted by atomic mass is 16.5. The summed E-state index contributed by atoms with van der Waals surface area (Å²) < 4.78 is 5.54. The van der Waals surface area contributed by atoms with Gasteiger partial charge in [0.15, 0.2) is 5.96 Å². The molecule has 1 aliphatic carbocycles. The van der Waals surface area contributed by atoms with Crippen LogP contribution in [0.2, 0.25) is 0 Å². The molecule has 0 radical (unpaired) electrons. The Kier molecular flexibility index (Phi) is 6.25. The second kappa shape index (κ2) is 9.03. The van der Waals surface area contributed by atoms with Gasteiger partial charge in [-0.1, -0.05) is 12.1 Å². The first-order valence-electron chi connectivity index (χ1n) is 10.9. The van der Waals surface area contributed by atoms with Gasteiger partial charge in [-0.05, 0) is 50.8 Å².